The fourth-order valence-corrected chi connectivity index (χ4v) is 3.71. The Balaban J connectivity index is 1.57. The molecule has 1 heteroatoms. The van der Waals surface area contributed by atoms with Crippen LogP contribution in [0.2, 0.25) is 0 Å². The third-order valence-corrected chi connectivity index (χ3v) is 4.92. The standard InChI is InChI=1S/C17H25N/c1-14-6-8-15(9-7-14)16-10-12-18(13-11-16)17-4-2-3-5-17/h6-9,16-17H,2-5,10-13H2,1H3. The molecule has 1 aromatic rings. The lowest BCUT2D eigenvalue weighted by Gasteiger charge is -2.36. The molecule has 0 radical (unpaired) electrons. The van der Waals surface area contributed by atoms with Crippen LogP contribution in [0, 0.1) is 6.92 Å². The van der Waals surface area contributed by atoms with Crippen LogP contribution >= 0.6 is 0 Å². The average Bonchev–Trinajstić information content (AvgIpc) is 2.94. The molecule has 2 fully saturated rings. The molecule has 1 aliphatic carbocycles. The van der Waals surface area contributed by atoms with Crippen molar-refractivity contribution in [2.24, 2.45) is 0 Å². The van der Waals surface area contributed by atoms with Crippen LogP contribution in [0.25, 0.3) is 0 Å². The summed E-state index contributed by atoms with van der Waals surface area (Å²) in [7, 11) is 0. The van der Waals surface area contributed by atoms with Gasteiger partial charge in [-0.3, -0.25) is 0 Å². The van der Waals surface area contributed by atoms with Crippen LogP contribution in [0.15, 0.2) is 24.3 Å². The first-order valence-electron chi connectivity index (χ1n) is 7.63. The molecule has 0 amide bonds. The largest absolute Gasteiger partial charge is 0.300 e. The van der Waals surface area contributed by atoms with Crippen LogP contribution in [0.1, 0.15) is 55.6 Å². The molecule has 1 aromatic carbocycles. The van der Waals surface area contributed by atoms with Gasteiger partial charge < -0.3 is 4.90 Å². The average molecular weight is 243 g/mol. The van der Waals surface area contributed by atoms with Crippen molar-refractivity contribution in [1.82, 2.24) is 4.90 Å². The summed E-state index contributed by atoms with van der Waals surface area (Å²) in [6.07, 6.45) is 8.55. The van der Waals surface area contributed by atoms with Crippen LogP contribution in [0.3, 0.4) is 0 Å². The van der Waals surface area contributed by atoms with Crippen molar-refractivity contribution in [3.8, 4) is 0 Å². The Hall–Kier alpha value is -0.820. The molecule has 2 aliphatic rings. The molecule has 1 aliphatic heterocycles. The first-order valence-corrected chi connectivity index (χ1v) is 7.63. The summed E-state index contributed by atoms with van der Waals surface area (Å²) in [5.41, 5.74) is 2.94. The normalized spacial score (nSPS) is 23.6. The summed E-state index contributed by atoms with van der Waals surface area (Å²) in [5.74, 6) is 0.809. The highest BCUT2D eigenvalue weighted by Gasteiger charge is 2.27. The molecule has 0 unspecified atom stereocenters. The van der Waals surface area contributed by atoms with Crippen molar-refractivity contribution in [3.05, 3.63) is 35.4 Å². The van der Waals surface area contributed by atoms with E-state index in [-0.39, 0.29) is 0 Å². The summed E-state index contributed by atoms with van der Waals surface area (Å²) < 4.78 is 0. The Labute approximate surface area is 111 Å². The fraction of sp³-hybridized carbons (Fsp3) is 0.647. The molecule has 0 aromatic heterocycles. The van der Waals surface area contributed by atoms with Gasteiger partial charge in [-0.1, -0.05) is 42.7 Å². The topological polar surface area (TPSA) is 3.24 Å². The van der Waals surface area contributed by atoms with Gasteiger partial charge in [0.25, 0.3) is 0 Å². The lowest BCUT2D eigenvalue weighted by molar-refractivity contribution is 0.154. The zero-order valence-electron chi connectivity index (χ0n) is 11.6. The molecule has 0 atom stereocenters. The van der Waals surface area contributed by atoms with Crippen LogP contribution < -0.4 is 0 Å². The molecule has 18 heavy (non-hydrogen) atoms. The highest BCUT2D eigenvalue weighted by atomic mass is 15.2. The maximum atomic E-state index is 2.76. The number of benzene rings is 1. The molecule has 1 nitrogen and oxygen atoms in total. The predicted octanol–water partition coefficient (Wildman–Crippen LogP) is 4.12. The summed E-state index contributed by atoms with van der Waals surface area (Å²) in [4.78, 5) is 2.76. The van der Waals surface area contributed by atoms with Gasteiger partial charge in [-0.05, 0) is 57.2 Å². The molecule has 3 rings (SSSR count). The second kappa shape index (κ2) is 5.44. The van der Waals surface area contributed by atoms with E-state index in [1.54, 1.807) is 5.56 Å². The molecule has 1 heterocycles. The van der Waals surface area contributed by atoms with Gasteiger partial charge in [0.2, 0.25) is 0 Å². The lowest BCUT2D eigenvalue weighted by atomic mass is 9.88. The second-order valence-corrected chi connectivity index (χ2v) is 6.16. The van der Waals surface area contributed by atoms with Crippen molar-refractivity contribution >= 4 is 0 Å². The van der Waals surface area contributed by atoms with E-state index in [0.29, 0.717) is 0 Å². The summed E-state index contributed by atoms with van der Waals surface area (Å²) >= 11 is 0. The first-order chi connectivity index (χ1) is 8.83. The lowest BCUT2D eigenvalue weighted by Crippen LogP contribution is -2.39. The van der Waals surface area contributed by atoms with Crippen LogP contribution in [-0.4, -0.2) is 24.0 Å². The van der Waals surface area contributed by atoms with Gasteiger partial charge in [0.1, 0.15) is 0 Å². The van der Waals surface area contributed by atoms with Gasteiger partial charge in [0, 0.05) is 6.04 Å². The van der Waals surface area contributed by atoms with Gasteiger partial charge >= 0.3 is 0 Å². The van der Waals surface area contributed by atoms with E-state index in [2.05, 4.69) is 36.1 Å². The molecular formula is C17H25N. The minimum absolute atomic E-state index is 0.809. The zero-order chi connectivity index (χ0) is 12.4. The van der Waals surface area contributed by atoms with Gasteiger partial charge in [-0.15, -0.1) is 0 Å². The second-order valence-electron chi connectivity index (χ2n) is 6.16. The zero-order valence-corrected chi connectivity index (χ0v) is 11.6. The van der Waals surface area contributed by atoms with Gasteiger partial charge in [0.05, 0.1) is 0 Å². The van der Waals surface area contributed by atoms with Crippen molar-refractivity contribution in [2.75, 3.05) is 13.1 Å². The minimum Gasteiger partial charge on any atom is -0.300 e. The molecule has 1 saturated carbocycles. The van der Waals surface area contributed by atoms with Crippen molar-refractivity contribution in [1.29, 1.82) is 0 Å². The SMILES string of the molecule is Cc1ccc(C2CCN(C3CCCC3)CC2)cc1. The Kier molecular flexibility index (Phi) is 3.69. The molecule has 0 bridgehead atoms. The fourth-order valence-electron chi connectivity index (χ4n) is 3.71. The Morgan fingerprint density at radius 3 is 2.11 bits per heavy atom. The van der Waals surface area contributed by atoms with Crippen LogP contribution in [0.5, 0.6) is 0 Å². The van der Waals surface area contributed by atoms with Crippen molar-refractivity contribution < 1.29 is 0 Å². The third kappa shape index (κ3) is 2.61. The maximum absolute atomic E-state index is 2.76. The Morgan fingerprint density at radius 2 is 1.50 bits per heavy atom. The molecule has 1 saturated heterocycles. The Bertz CT molecular complexity index is 367. The minimum atomic E-state index is 0.809. The van der Waals surface area contributed by atoms with Gasteiger partial charge in [-0.25, -0.2) is 0 Å². The summed E-state index contributed by atoms with van der Waals surface area (Å²) in [5, 5.41) is 0. The van der Waals surface area contributed by atoms with E-state index in [1.807, 2.05) is 0 Å². The number of aryl methyl sites for hydroxylation is 1. The van der Waals surface area contributed by atoms with E-state index in [1.165, 1.54) is 57.2 Å². The number of piperidine rings is 1. The van der Waals surface area contributed by atoms with Gasteiger partial charge in [0.15, 0.2) is 0 Å². The van der Waals surface area contributed by atoms with Crippen molar-refractivity contribution in [3.63, 3.8) is 0 Å². The monoisotopic (exact) mass is 243 g/mol. The smallest absolute Gasteiger partial charge is 0.00952 e. The van der Waals surface area contributed by atoms with Crippen LogP contribution in [-0.2, 0) is 0 Å². The van der Waals surface area contributed by atoms with Crippen molar-refractivity contribution in [2.45, 2.75) is 57.4 Å². The molecule has 0 N–H and O–H groups in total. The van der Waals surface area contributed by atoms with E-state index >= 15 is 0 Å². The van der Waals surface area contributed by atoms with E-state index < -0.39 is 0 Å². The highest BCUT2D eigenvalue weighted by Crippen LogP contribution is 2.32. The number of rotatable bonds is 2. The quantitative estimate of drug-likeness (QED) is 0.755. The number of nitrogens with zero attached hydrogens (tertiary/aromatic N) is 1. The van der Waals surface area contributed by atoms with E-state index in [0.717, 1.165) is 12.0 Å². The Morgan fingerprint density at radius 1 is 0.889 bits per heavy atom. The van der Waals surface area contributed by atoms with E-state index in [9.17, 15) is 0 Å². The van der Waals surface area contributed by atoms with E-state index in [4.69, 9.17) is 0 Å². The molecular weight excluding hydrogens is 218 g/mol. The van der Waals surface area contributed by atoms with Gasteiger partial charge in [-0.2, -0.15) is 0 Å². The molecule has 0 spiro atoms. The molecule has 98 valence electrons. The van der Waals surface area contributed by atoms with Crippen LogP contribution in [0.4, 0.5) is 0 Å². The first kappa shape index (κ1) is 12.2. The summed E-state index contributed by atoms with van der Waals surface area (Å²) in [6.45, 7) is 4.82. The summed E-state index contributed by atoms with van der Waals surface area (Å²) in [6, 6.07) is 10.1. The number of hydrogen-bond acceptors (Lipinski definition) is 1. The maximum Gasteiger partial charge on any atom is 0.00952 e. The number of hydrogen-bond donors (Lipinski definition) is 0. The highest BCUT2D eigenvalue weighted by molar-refractivity contribution is 5.24. The third-order valence-electron chi connectivity index (χ3n) is 4.92. The number of likely N-dealkylation sites (tertiary alicyclic amines) is 1. The predicted molar refractivity (Wildman–Crippen MR) is 77.0 cm³/mol.